The molecule has 0 bridgehead atoms. The molecule has 0 saturated heterocycles. The zero-order chi connectivity index (χ0) is 26.4. The summed E-state index contributed by atoms with van der Waals surface area (Å²) in [6, 6.07) is 37.4. The Hall–Kier alpha value is -4.30. The van der Waals surface area contributed by atoms with E-state index in [1.807, 2.05) is 0 Å². The summed E-state index contributed by atoms with van der Waals surface area (Å²) in [5.74, 6) is 0. The largest absolute Gasteiger partial charge is 0.356 e. The average molecular weight is 495 g/mol. The van der Waals surface area contributed by atoms with Gasteiger partial charge in [-0.1, -0.05) is 74.0 Å². The van der Waals surface area contributed by atoms with Gasteiger partial charge < -0.3 is 10.6 Å². The third-order valence-electron chi connectivity index (χ3n) is 7.96. The monoisotopic (exact) mass is 494 g/mol. The molecule has 0 unspecified atom stereocenters. The predicted octanol–water partition coefficient (Wildman–Crippen LogP) is 10.1. The van der Waals surface area contributed by atoms with Crippen LogP contribution in [0.15, 0.2) is 103 Å². The Morgan fingerprint density at radius 3 is 1.53 bits per heavy atom. The molecule has 1 aliphatic rings. The van der Waals surface area contributed by atoms with E-state index in [-0.39, 0.29) is 5.41 Å². The van der Waals surface area contributed by atoms with Crippen molar-refractivity contribution >= 4 is 22.7 Å². The van der Waals surface area contributed by atoms with Gasteiger partial charge in [0.15, 0.2) is 0 Å². The standard InChI is InChI=1S/C36H34N2/c1-23-10-12-26(13-11-23)37-27-14-17-30(24(2)20-27)31-18-15-28(21-25(31)3)38-29-16-19-33-32-8-6-7-9-34(32)36(4,5)35(33)22-29/h6-22,37-38H,1-5H3. The van der Waals surface area contributed by atoms with Crippen molar-refractivity contribution in [2.24, 2.45) is 0 Å². The number of anilines is 4. The van der Waals surface area contributed by atoms with Gasteiger partial charge in [0, 0.05) is 28.2 Å². The van der Waals surface area contributed by atoms with Crippen LogP contribution in [0, 0.1) is 20.8 Å². The molecule has 2 N–H and O–H groups in total. The highest BCUT2D eigenvalue weighted by atomic mass is 14.9. The molecule has 1 aliphatic carbocycles. The molecular formula is C36H34N2. The molecule has 38 heavy (non-hydrogen) atoms. The van der Waals surface area contributed by atoms with Gasteiger partial charge in [0.05, 0.1) is 0 Å². The van der Waals surface area contributed by atoms with Crippen LogP contribution in [-0.4, -0.2) is 0 Å². The Morgan fingerprint density at radius 1 is 0.447 bits per heavy atom. The number of rotatable bonds is 5. The zero-order valence-electron chi connectivity index (χ0n) is 22.8. The van der Waals surface area contributed by atoms with Crippen molar-refractivity contribution < 1.29 is 0 Å². The summed E-state index contributed by atoms with van der Waals surface area (Å²) < 4.78 is 0. The lowest BCUT2D eigenvalue weighted by Crippen LogP contribution is -2.15. The quantitative estimate of drug-likeness (QED) is 0.254. The highest BCUT2D eigenvalue weighted by Crippen LogP contribution is 2.49. The zero-order valence-corrected chi connectivity index (χ0v) is 22.8. The third-order valence-corrected chi connectivity index (χ3v) is 7.96. The Balaban J connectivity index is 1.23. The van der Waals surface area contributed by atoms with Crippen molar-refractivity contribution in [3.63, 3.8) is 0 Å². The van der Waals surface area contributed by atoms with Crippen molar-refractivity contribution in [2.75, 3.05) is 10.6 Å². The molecule has 0 atom stereocenters. The van der Waals surface area contributed by atoms with E-state index in [0.717, 1.165) is 22.7 Å². The molecular weight excluding hydrogens is 460 g/mol. The van der Waals surface area contributed by atoms with E-state index in [1.165, 1.54) is 50.1 Å². The van der Waals surface area contributed by atoms with Crippen LogP contribution in [0.25, 0.3) is 22.3 Å². The van der Waals surface area contributed by atoms with Gasteiger partial charge in [-0.2, -0.15) is 0 Å². The van der Waals surface area contributed by atoms with Crippen molar-refractivity contribution in [3.05, 3.63) is 131 Å². The SMILES string of the molecule is Cc1ccc(Nc2ccc(-c3ccc(Nc4ccc5c(c4)C(C)(C)c4ccccc4-5)cc3C)c(C)c2)cc1. The van der Waals surface area contributed by atoms with Gasteiger partial charge >= 0.3 is 0 Å². The van der Waals surface area contributed by atoms with E-state index >= 15 is 0 Å². The second-order valence-corrected chi connectivity index (χ2v) is 11.1. The molecule has 0 saturated carbocycles. The van der Waals surface area contributed by atoms with E-state index < -0.39 is 0 Å². The first-order chi connectivity index (χ1) is 18.3. The number of benzene rings is 5. The number of fused-ring (bicyclic) bond motifs is 3. The summed E-state index contributed by atoms with van der Waals surface area (Å²) in [6.45, 7) is 11.1. The van der Waals surface area contributed by atoms with Gasteiger partial charge in [0.25, 0.3) is 0 Å². The van der Waals surface area contributed by atoms with Gasteiger partial charge in [-0.05, 0) is 114 Å². The maximum absolute atomic E-state index is 3.66. The van der Waals surface area contributed by atoms with Crippen LogP contribution in [0.3, 0.4) is 0 Å². The molecule has 188 valence electrons. The smallest absolute Gasteiger partial charge is 0.0387 e. The maximum Gasteiger partial charge on any atom is 0.0387 e. The van der Waals surface area contributed by atoms with E-state index in [0.29, 0.717) is 0 Å². The number of hydrogen-bond acceptors (Lipinski definition) is 2. The molecule has 5 aromatic carbocycles. The molecule has 2 heteroatoms. The first-order valence-electron chi connectivity index (χ1n) is 13.4. The minimum Gasteiger partial charge on any atom is -0.356 e. The summed E-state index contributed by atoms with van der Waals surface area (Å²) in [4.78, 5) is 0. The molecule has 0 fully saturated rings. The Bertz CT molecular complexity index is 1660. The van der Waals surface area contributed by atoms with Gasteiger partial charge in [-0.3, -0.25) is 0 Å². The lowest BCUT2D eigenvalue weighted by molar-refractivity contribution is 0.660. The number of nitrogens with one attached hydrogen (secondary N) is 2. The summed E-state index contributed by atoms with van der Waals surface area (Å²) in [7, 11) is 0. The highest BCUT2D eigenvalue weighted by molar-refractivity contribution is 5.83. The molecule has 6 rings (SSSR count). The molecule has 2 nitrogen and oxygen atoms in total. The minimum atomic E-state index is 0.00138. The molecule has 0 spiro atoms. The summed E-state index contributed by atoms with van der Waals surface area (Å²) in [5.41, 5.74) is 16.2. The van der Waals surface area contributed by atoms with Crippen LogP contribution in [0.1, 0.15) is 41.7 Å². The second-order valence-electron chi connectivity index (χ2n) is 11.1. The van der Waals surface area contributed by atoms with Gasteiger partial charge in [0.1, 0.15) is 0 Å². The fourth-order valence-electron chi connectivity index (χ4n) is 5.84. The fourth-order valence-corrected chi connectivity index (χ4v) is 5.84. The minimum absolute atomic E-state index is 0.00138. The summed E-state index contributed by atoms with van der Waals surface area (Å²) >= 11 is 0. The van der Waals surface area contributed by atoms with Gasteiger partial charge in [0.2, 0.25) is 0 Å². The Kier molecular flexibility index (Phi) is 5.84. The van der Waals surface area contributed by atoms with Crippen LogP contribution >= 0.6 is 0 Å². The topological polar surface area (TPSA) is 24.1 Å². The molecule has 0 amide bonds. The van der Waals surface area contributed by atoms with Crippen molar-refractivity contribution in [2.45, 2.75) is 40.0 Å². The van der Waals surface area contributed by atoms with E-state index in [2.05, 4.69) is 148 Å². The second kappa shape index (κ2) is 9.22. The first-order valence-corrected chi connectivity index (χ1v) is 13.4. The Morgan fingerprint density at radius 2 is 0.921 bits per heavy atom. The van der Waals surface area contributed by atoms with E-state index in [4.69, 9.17) is 0 Å². The molecule has 0 aliphatic heterocycles. The number of aryl methyl sites for hydroxylation is 3. The van der Waals surface area contributed by atoms with E-state index in [1.54, 1.807) is 0 Å². The van der Waals surface area contributed by atoms with Gasteiger partial charge in [-0.25, -0.2) is 0 Å². The fraction of sp³-hybridized carbons (Fsp3) is 0.167. The molecule has 0 aromatic heterocycles. The number of hydrogen-bond donors (Lipinski definition) is 2. The molecule has 0 radical (unpaired) electrons. The average Bonchev–Trinajstić information content (AvgIpc) is 3.13. The summed E-state index contributed by atoms with van der Waals surface area (Å²) in [6.07, 6.45) is 0. The lowest BCUT2D eigenvalue weighted by atomic mass is 9.82. The predicted molar refractivity (Wildman–Crippen MR) is 163 cm³/mol. The highest BCUT2D eigenvalue weighted by Gasteiger charge is 2.35. The lowest BCUT2D eigenvalue weighted by Gasteiger charge is -2.22. The van der Waals surface area contributed by atoms with Crippen LogP contribution < -0.4 is 10.6 Å². The Labute approximate surface area is 226 Å². The van der Waals surface area contributed by atoms with Crippen LogP contribution in [-0.2, 0) is 5.41 Å². The molecule has 0 heterocycles. The van der Waals surface area contributed by atoms with Crippen molar-refractivity contribution in [1.29, 1.82) is 0 Å². The van der Waals surface area contributed by atoms with Crippen molar-refractivity contribution in [3.8, 4) is 22.3 Å². The third kappa shape index (κ3) is 4.26. The van der Waals surface area contributed by atoms with Gasteiger partial charge in [-0.15, -0.1) is 0 Å². The normalized spacial score (nSPS) is 13.1. The maximum atomic E-state index is 3.66. The molecule has 5 aromatic rings. The summed E-state index contributed by atoms with van der Waals surface area (Å²) in [5, 5.41) is 7.18. The van der Waals surface area contributed by atoms with Crippen LogP contribution in [0.2, 0.25) is 0 Å². The van der Waals surface area contributed by atoms with Crippen LogP contribution in [0.5, 0.6) is 0 Å². The van der Waals surface area contributed by atoms with E-state index in [9.17, 15) is 0 Å². The first kappa shape index (κ1) is 24.1. The van der Waals surface area contributed by atoms with Crippen LogP contribution in [0.4, 0.5) is 22.7 Å². The van der Waals surface area contributed by atoms with Crippen molar-refractivity contribution in [1.82, 2.24) is 0 Å².